The molecule has 80 valence electrons. The Kier molecular flexibility index (Phi) is 3.06. The molecule has 0 bridgehead atoms. The number of halogens is 1. The number of hydrogen-bond donors (Lipinski definition) is 1. The van der Waals surface area contributed by atoms with E-state index in [1.165, 1.54) is 25.1 Å². The third-order valence-corrected chi connectivity index (χ3v) is 2.49. The van der Waals surface area contributed by atoms with Gasteiger partial charge in [0.2, 0.25) is 0 Å². The van der Waals surface area contributed by atoms with E-state index in [0.717, 1.165) is 18.7 Å². The Bertz CT molecular complexity index is 363. The molecule has 0 radical (unpaired) electrons. The fraction of sp³-hybridized carbons (Fsp3) is 0.455. The molecule has 1 fully saturated rings. The quantitative estimate of drug-likeness (QED) is 0.744. The number of hydrogen-bond acceptors (Lipinski definition) is 3. The normalized spacial score (nSPS) is 15.3. The second-order valence-electron chi connectivity index (χ2n) is 3.85. The Hall–Kier alpha value is -1.29. The Morgan fingerprint density at radius 1 is 1.60 bits per heavy atom. The predicted molar refractivity (Wildman–Crippen MR) is 54.1 cm³/mol. The van der Waals surface area contributed by atoms with Crippen LogP contribution in [0.2, 0.25) is 0 Å². The second kappa shape index (κ2) is 4.49. The summed E-state index contributed by atoms with van der Waals surface area (Å²) in [4.78, 5) is 15.1. The molecular weight excluding hydrogens is 195 g/mol. The van der Waals surface area contributed by atoms with Crippen molar-refractivity contribution in [3.05, 3.63) is 29.8 Å². The lowest BCUT2D eigenvalue weighted by Gasteiger charge is -2.03. The zero-order valence-electron chi connectivity index (χ0n) is 8.37. The zero-order valence-corrected chi connectivity index (χ0v) is 8.37. The maximum Gasteiger partial charge on any atom is 0.179 e. The number of aromatic nitrogens is 1. The van der Waals surface area contributed by atoms with Crippen LogP contribution in [0.5, 0.6) is 0 Å². The summed E-state index contributed by atoms with van der Waals surface area (Å²) in [5.41, 5.74) is 0.119. The smallest absolute Gasteiger partial charge is 0.179 e. The minimum atomic E-state index is -0.546. The predicted octanol–water partition coefficient (Wildman–Crippen LogP) is 1.40. The number of ketones is 1. The Balaban J connectivity index is 1.86. The van der Waals surface area contributed by atoms with E-state index in [0.29, 0.717) is 0 Å². The summed E-state index contributed by atoms with van der Waals surface area (Å²) < 4.78 is 13.1. The molecule has 0 aromatic carbocycles. The molecule has 15 heavy (non-hydrogen) atoms. The Labute approximate surface area is 87.7 Å². The van der Waals surface area contributed by atoms with Crippen LogP contribution in [0, 0.1) is 11.7 Å². The molecule has 1 aliphatic carbocycles. The van der Waals surface area contributed by atoms with Gasteiger partial charge in [-0.15, -0.1) is 0 Å². The fourth-order valence-electron chi connectivity index (χ4n) is 1.41. The van der Waals surface area contributed by atoms with E-state index in [-0.39, 0.29) is 17.9 Å². The minimum Gasteiger partial charge on any atom is -0.309 e. The average Bonchev–Trinajstić information content (AvgIpc) is 3.02. The van der Waals surface area contributed by atoms with Crippen LogP contribution in [0.3, 0.4) is 0 Å². The van der Waals surface area contributed by atoms with Crippen molar-refractivity contribution >= 4 is 5.78 Å². The topological polar surface area (TPSA) is 42.0 Å². The first-order valence-electron chi connectivity index (χ1n) is 5.11. The number of pyridine rings is 1. The maximum atomic E-state index is 13.1. The van der Waals surface area contributed by atoms with E-state index in [1.54, 1.807) is 0 Å². The fourth-order valence-corrected chi connectivity index (χ4v) is 1.41. The van der Waals surface area contributed by atoms with E-state index in [2.05, 4.69) is 10.3 Å². The molecule has 0 amide bonds. The van der Waals surface area contributed by atoms with Crippen LogP contribution in [0.25, 0.3) is 0 Å². The molecule has 0 aliphatic heterocycles. The molecule has 1 aromatic heterocycles. The minimum absolute atomic E-state index is 0.119. The monoisotopic (exact) mass is 208 g/mol. The summed E-state index contributed by atoms with van der Waals surface area (Å²) >= 11 is 0. The average molecular weight is 208 g/mol. The van der Waals surface area contributed by atoms with Gasteiger partial charge in [-0.3, -0.25) is 9.78 Å². The summed E-state index contributed by atoms with van der Waals surface area (Å²) in [7, 11) is 0. The zero-order chi connectivity index (χ0) is 10.7. The summed E-state index contributed by atoms with van der Waals surface area (Å²) in [6, 6.07) is 1.41. The number of nitrogens with zero attached hydrogens (tertiary/aromatic N) is 1. The van der Waals surface area contributed by atoms with Crippen LogP contribution in [0.1, 0.15) is 23.2 Å². The number of Topliss-reactive ketones (excluding diaryl/α,β-unsaturated/α-hetero) is 1. The number of rotatable bonds is 5. The highest BCUT2D eigenvalue weighted by atomic mass is 19.1. The number of carbonyl (C=O) groups is 1. The molecule has 1 saturated carbocycles. The summed E-state index contributed by atoms with van der Waals surface area (Å²) in [5, 5.41) is 3.04. The Morgan fingerprint density at radius 3 is 3.07 bits per heavy atom. The van der Waals surface area contributed by atoms with E-state index >= 15 is 0 Å². The molecule has 0 spiro atoms. The van der Waals surface area contributed by atoms with Crippen molar-refractivity contribution in [2.24, 2.45) is 5.92 Å². The van der Waals surface area contributed by atoms with E-state index in [1.807, 2.05) is 0 Å². The number of nitrogens with one attached hydrogen (secondary N) is 1. The first-order valence-corrected chi connectivity index (χ1v) is 5.11. The first kappa shape index (κ1) is 10.2. The highest BCUT2D eigenvalue weighted by Crippen LogP contribution is 2.27. The van der Waals surface area contributed by atoms with Crippen molar-refractivity contribution in [1.29, 1.82) is 0 Å². The van der Waals surface area contributed by atoms with Gasteiger partial charge in [0.15, 0.2) is 11.6 Å². The van der Waals surface area contributed by atoms with E-state index in [9.17, 15) is 9.18 Å². The first-order chi connectivity index (χ1) is 7.27. The van der Waals surface area contributed by atoms with Crippen LogP contribution in [0.4, 0.5) is 4.39 Å². The third-order valence-electron chi connectivity index (χ3n) is 2.49. The lowest BCUT2D eigenvalue weighted by molar-refractivity contribution is 0.0987. The van der Waals surface area contributed by atoms with Gasteiger partial charge in [-0.1, -0.05) is 0 Å². The lowest BCUT2D eigenvalue weighted by atomic mass is 10.1. The second-order valence-corrected chi connectivity index (χ2v) is 3.85. The summed E-state index contributed by atoms with van der Waals surface area (Å²) in [5.74, 6) is -0.0358. The molecule has 0 saturated heterocycles. The van der Waals surface area contributed by atoms with Gasteiger partial charge in [-0.25, -0.2) is 4.39 Å². The molecule has 1 heterocycles. The molecule has 3 nitrogen and oxygen atoms in total. The van der Waals surface area contributed by atoms with Gasteiger partial charge in [0.1, 0.15) is 0 Å². The van der Waals surface area contributed by atoms with Crippen LogP contribution in [0.15, 0.2) is 18.5 Å². The number of carbonyl (C=O) groups excluding carboxylic acids is 1. The van der Waals surface area contributed by atoms with Gasteiger partial charge in [0.05, 0.1) is 18.3 Å². The van der Waals surface area contributed by atoms with Crippen LogP contribution < -0.4 is 5.32 Å². The van der Waals surface area contributed by atoms with Gasteiger partial charge >= 0.3 is 0 Å². The van der Waals surface area contributed by atoms with E-state index < -0.39 is 5.82 Å². The summed E-state index contributed by atoms with van der Waals surface area (Å²) in [6.45, 7) is 1.07. The van der Waals surface area contributed by atoms with Crippen molar-refractivity contribution in [3.8, 4) is 0 Å². The van der Waals surface area contributed by atoms with Crippen LogP contribution >= 0.6 is 0 Å². The Morgan fingerprint density at radius 2 is 2.40 bits per heavy atom. The van der Waals surface area contributed by atoms with Crippen LogP contribution in [-0.2, 0) is 0 Å². The SMILES string of the molecule is O=C(CNCC1CC1)c1ccncc1F. The molecule has 1 aliphatic rings. The van der Waals surface area contributed by atoms with Crippen molar-refractivity contribution in [2.45, 2.75) is 12.8 Å². The highest BCUT2D eigenvalue weighted by Gasteiger charge is 2.21. The van der Waals surface area contributed by atoms with Crippen molar-refractivity contribution < 1.29 is 9.18 Å². The molecule has 0 atom stereocenters. The van der Waals surface area contributed by atoms with Crippen LogP contribution in [-0.4, -0.2) is 23.9 Å². The standard InChI is InChI=1S/C11H13FN2O/c12-10-6-13-4-3-9(10)11(15)7-14-5-8-1-2-8/h3-4,6,8,14H,1-2,5,7H2. The molecule has 1 aromatic rings. The van der Waals surface area contributed by atoms with Crippen molar-refractivity contribution in [2.75, 3.05) is 13.1 Å². The summed E-state index contributed by atoms with van der Waals surface area (Å²) in [6.07, 6.45) is 4.97. The van der Waals surface area contributed by atoms with Crippen molar-refractivity contribution in [3.63, 3.8) is 0 Å². The molecule has 2 rings (SSSR count). The van der Waals surface area contributed by atoms with Crippen molar-refractivity contribution in [1.82, 2.24) is 10.3 Å². The van der Waals surface area contributed by atoms with Gasteiger partial charge in [-0.2, -0.15) is 0 Å². The molecule has 4 heteroatoms. The van der Waals surface area contributed by atoms with Gasteiger partial charge in [0.25, 0.3) is 0 Å². The molecular formula is C11H13FN2O. The third kappa shape index (κ3) is 2.83. The highest BCUT2D eigenvalue weighted by molar-refractivity contribution is 5.97. The largest absolute Gasteiger partial charge is 0.309 e. The molecule has 0 unspecified atom stereocenters. The van der Waals surface area contributed by atoms with Gasteiger partial charge in [0, 0.05) is 6.20 Å². The van der Waals surface area contributed by atoms with E-state index in [4.69, 9.17) is 0 Å². The van der Waals surface area contributed by atoms with Gasteiger partial charge in [-0.05, 0) is 31.4 Å². The maximum absolute atomic E-state index is 13.1. The molecule has 1 N–H and O–H groups in total. The lowest BCUT2D eigenvalue weighted by Crippen LogP contribution is -2.25. The van der Waals surface area contributed by atoms with Gasteiger partial charge < -0.3 is 5.32 Å².